The Balaban J connectivity index is 2.60. The fraction of sp³-hybridized carbons (Fsp3) is 0.294. The van der Waals surface area contributed by atoms with Crippen molar-refractivity contribution in [3.8, 4) is 0 Å². The molecule has 0 aliphatic carbocycles. The summed E-state index contributed by atoms with van der Waals surface area (Å²) in [5.74, 6) is 0.415. The lowest BCUT2D eigenvalue weighted by Gasteiger charge is -2.30. The van der Waals surface area contributed by atoms with Crippen LogP contribution in [0.25, 0.3) is 0 Å². The van der Waals surface area contributed by atoms with Gasteiger partial charge in [-0.1, -0.05) is 48.5 Å². The van der Waals surface area contributed by atoms with E-state index in [0.29, 0.717) is 12.3 Å². The molecule has 0 saturated carbocycles. The molecule has 2 rings (SSSR count). The van der Waals surface area contributed by atoms with Crippen LogP contribution in [0.2, 0.25) is 0 Å². The Bertz CT molecular complexity index is 550. The van der Waals surface area contributed by atoms with Gasteiger partial charge in [-0.3, -0.25) is 0 Å². The average Bonchev–Trinajstić information content (AvgIpc) is 2.43. The van der Waals surface area contributed by atoms with Gasteiger partial charge in [0.05, 0.1) is 0 Å². The summed E-state index contributed by atoms with van der Waals surface area (Å²) in [5, 5.41) is 11.2. The van der Waals surface area contributed by atoms with E-state index in [9.17, 15) is 5.11 Å². The molecule has 19 heavy (non-hydrogen) atoms. The van der Waals surface area contributed by atoms with Gasteiger partial charge in [-0.25, -0.2) is 0 Å². The zero-order chi connectivity index (χ0) is 13.9. The Hall–Kier alpha value is -1.31. The van der Waals surface area contributed by atoms with Gasteiger partial charge in [0.1, 0.15) is 5.60 Å². The SMILES string of the molecule is Cc1cccc(C(O)(CCCl)c2ccccc2)c1C. The number of benzene rings is 2. The van der Waals surface area contributed by atoms with Crippen LogP contribution < -0.4 is 0 Å². The molecule has 0 radical (unpaired) electrons. The molecule has 1 N–H and O–H groups in total. The summed E-state index contributed by atoms with van der Waals surface area (Å²) in [4.78, 5) is 0. The fourth-order valence-electron chi connectivity index (χ4n) is 2.48. The first-order valence-corrected chi connectivity index (χ1v) is 7.03. The lowest BCUT2D eigenvalue weighted by molar-refractivity contribution is 0.0767. The van der Waals surface area contributed by atoms with E-state index in [0.717, 1.165) is 16.7 Å². The number of aliphatic hydroxyl groups is 1. The third-order valence-electron chi connectivity index (χ3n) is 3.76. The molecule has 0 aliphatic heterocycles. The van der Waals surface area contributed by atoms with Gasteiger partial charge in [-0.15, -0.1) is 11.6 Å². The van der Waals surface area contributed by atoms with Crippen molar-refractivity contribution in [2.75, 3.05) is 5.88 Å². The molecule has 100 valence electrons. The molecule has 0 fully saturated rings. The smallest absolute Gasteiger partial charge is 0.116 e. The normalized spacial score (nSPS) is 14.1. The van der Waals surface area contributed by atoms with Crippen molar-refractivity contribution in [2.24, 2.45) is 0 Å². The maximum Gasteiger partial charge on any atom is 0.116 e. The highest BCUT2D eigenvalue weighted by molar-refractivity contribution is 6.17. The van der Waals surface area contributed by atoms with Gasteiger partial charge in [-0.05, 0) is 42.5 Å². The van der Waals surface area contributed by atoms with E-state index in [1.54, 1.807) is 0 Å². The van der Waals surface area contributed by atoms with Gasteiger partial charge in [-0.2, -0.15) is 0 Å². The van der Waals surface area contributed by atoms with Crippen molar-refractivity contribution in [3.63, 3.8) is 0 Å². The molecule has 0 saturated heterocycles. The second-order valence-electron chi connectivity index (χ2n) is 4.91. The van der Waals surface area contributed by atoms with E-state index in [1.807, 2.05) is 49.4 Å². The average molecular weight is 275 g/mol. The molecule has 0 heterocycles. The molecule has 2 aromatic carbocycles. The van der Waals surface area contributed by atoms with Crippen molar-refractivity contribution in [3.05, 3.63) is 70.8 Å². The molecule has 0 aromatic heterocycles. The first-order chi connectivity index (χ1) is 9.09. The fourth-order valence-corrected chi connectivity index (χ4v) is 2.76. The van der Waals surface area contributed by atoms with Gasteiger partial charge < -0.3 is 5.11 Å². The summed E-state index contributed by atoms with van der Waals surface area (Å²) in [7, 11) is 0. The van der Waals surface area contributed by atoms with Crippen LogP contribution in [0.5, 0.6) is 0 Å². The highest BCUT2D eigenvalue weighted by Crippen LogP contribution is 2.35. The predicted molar refractivity (Wildman–Crippen MR) is 80.7 cm³/mol. The van der Waals surface area contributed by atoms with Gasteiger partial charge in [0.2, 0.25) is 0 Å². The summed E-state index contributed by atoms with van der Waals surface area (Å²) in [6.07, 6.45) is 0.503. The van der Waals surface area contributed by atoms with Gasteiger partial charge in [0.15, 0.2) is 0 Å². The van der Waals surface area contributed by atoms with Crippen LogP contribution in [0.4, 0.5) is 0 Å². The van der Waals surface area contributed by atoms with Gasteiger partial charge in [0, 0.05) is 5.88 Å². The van der Waals surface area contributed by atoms with Crippen LogP contribution in [0.15, 0.2) is 48.5 Å². The quantitative estimate of drug-likeness (QED) is 0.830. The number of hydrogen-bond acceptors (Lipinski definition) is 1. The predicted octanol–water partition coefficient (Wildman–Crippen LogP) is 4.17. The Labute approximate surface area is 119 Å². The standard InChI is InChI=1S/C17H19ClO/c1-13-7-6-10-16(14(13)2)17(19,11-12-18)15-8-4-3-5-9-15/h3-10,19H,11-12H2,1-2H3. The van der Waals surface area contributed by atoms with Crippen LogP contribution in [-0.4, -0.2) is 11.0 Å². The third-order valence-corrected chi connectivity index (χ3v) is 3.95. The third kappa shape index (κ3) is 2.68. The maximum atomic E-state index is 11.2. The minimum absolute atomic E-state index is 0.415. The molecule has 0 amide bonds. The zero-order valence-electron chi connectivity index (χ0n) is 11.4. The summed E-state index contributed by atoms with van der Waals surface area (Å²) >= 11 is 5.92. The Morgan fingerprint density at radius 2 is 1.68 bits per heavy atom. The van der Waals surface area contributed by atoms with E-state index in [2.05, 4.69) is 13.0 Å². The van der Waals surface area contributed by atoms with Gasteiger partial charge >= 0.3 is 0 Å². The van der Waals surface area contributed by atoms with Crippen molar-refractivity contribution in [1.29, 1.82) is 0 Å². The van der Waals surface area contributed by atoms with Crippen LogP contribution in [0.3, 0.4) is 0 Å². The summed E-state index contributed by atoms with van der Waals surface area (Å²) in [6.45, 7) is 4.11. The second-order valence-corrected chi connectivity index (χ2v) is 5.29. The Morgan fingerprint density at radius 1 is 1.00 bits per heavy atom. The van der Waals surface area contributed by atoms with E-state index in [4.69, 9.17) is 11.6 Å². The van der Waals surface area contributed by atoms with E-state index >= 15 is 0 Å². The van der Waals surface area contributed by atoms with Gasteiger partial charge in [0.25, 0.3) is 0 Å². The molecule has 2 aromatic rings. The molecule has 1 nitrogen and oxygen atoms in total. The van der Waals surface area contributed by atoms with Crippen LogP contribution in [0, 0.1) is 13.8 Å². The second kappa shape index (κ2) is 5.77. The highest BCUT2D eigenvalue weighted by atomic mass is 35.5. The Kier molecular flexibility index (Phi) is 4.28. The molecule has 0 aliphatic rings. The van der Waals surface area contributed by atoms with Crippen molar-refractivity contribution in [2.45, 2.75) is 25.9 Å². The van der Waals surface area contributed by atoms with Crippen LogP contribution in [-0.2, 0) is 5.60 Å². The van der Waals surface area contributed by atoms with Crippen molar-refractivity contribution >= 4 is 11.6 Å². The molecular formula is C17H19ClO. The van der Waals surface area contributed by atoms with Crippen molar-refractivity contribution < 1.29 is 5.11 Å². The lowest BCUT2D eigenvalue weighted by Crippen LogP contribution is -2.29. The molecule has 0 spiro atoms. The number of halogens is 1. The van der Waals surface area contributed by atoms with Crippen LogP contribution in [0.1, 0.15) is 28.7 Å². The van der Waals surface area contributed by atoms with Crippen LogP contribution >= 0.6 is 11.6 Å². The van der Waals surface area contributed by atoms with E-state index in [1.165, 1.54) is 5.56 Å². The minimum Gasteiger partial charge on any atom is -0.380 e. The monoisotopic (exact) mass is 274 g/mol. The first-order valence-electron chi connectivity index (χ1n) is 6.50. The zero-order valence-corrected chi connectivity index (χ0v) is 12.1. The molecule has 2 heteroatoms. The molecule has 1 unspecified atom stereocenters. The number of hydrogen-bond donors (Lipinski definition) is 1. The maximum absolute atomic E-state index is 11.2. The Morgan fingerprint density at radius 3 is 2.32 bits per heavy atom. The topological polar surface area (TPSA) is 20.2 Å². The first kappa shape index (κ1) is 14.1. The number of alkyl halides is 1. The van der Waals surface area contributed by atoms with Crippen molar-refractivity contribution in [1.82, 2.24) is 0 Å². The molecule has 0 bridgehead atoms. The van der Waals surface area contributed by atoms with E-state index < -0.39 is 5.60 Å². The molecule has 1 atom stereocenters. The summed E-state index contributed by atoms with van der Waals surface area (Å²) in [6, 6.07) is 15.8. The summed E-state index contributed by atoms with van der Waals surface area (Å²) < 4.78 is 0. The van der Waals surface area contributed by atoms with E-state index in [-0.39, 0.29) is 0 Å². The largest absolute Gasteiger partial charge is 0.380 e. The number of aryl methyl sites for hydroxylation is 1. The summed E-state index contributed by atoms with van der Waals surface area (Å²) in [5.41, 5.74) is 3.13. The number of rotatable bonds is 4. The molecular weight excluding hydrogens is 256 g/mol. The lowest BCUT2D eigenvalue weighted by atomic mass is 9.81. The minimum atomic E-state index is -1.01. The highest BCUT2D eigenvalue weighted by Gasteiger charge is 2.32.